The molecule has 4 heteroatoms. The third kappa shape index (κ3) is 1.65. The van der Waals surface area contributed by atoms with Gasteiger partial charge in [-0.1, -0.05) is 0 Å². The molecule has 0 unspecified atom stereocenters. The fraction of sp³-hybridized carbons (Fsp3) is 0.500. The minimum Gasteiger partial charge on any atom is -0.196 e. The Labute approximate surface area is 58.9 Å². The number of rotatable bonds is 1. The summed E-state index contributed by atoms with van der Waals surface area (Å²) < 4.78 is -1.21. The molecule has 0 aliphatic carbocycles. The number of nitriles is 2. The molecule has 0 saturated carbocycles. The molecule has 0 N–H and O–H groups in total. The number of thiol groups is 2. The molecule has 0 radical (unpaired) electrons. The Balaban J connectivity index is 4.11. The summed E-state index contributed by atoms with van der Waals surface area (Å²) >= 11 is 7.46. The second kappa shape index (κ2) is 2.86. The van der Waals surface area contributed by atoms with Crippen molar-refractivity contribution in [2.45, 2.75) is 4.75 Å². The zero-order valence-electron chi connectivity index (χ0n) is 4.00. The smallest absolute Gasteiger partial charge is 0.194 e. The van der Waals surface area contributed by atoms with Gasteiger partial charge in [-0.15, -0.1) is 12.6 Å². The van der Waals surface area contributed by atoms with Gasteiger partial charge in [0.25, 0.3) is 0 Å². The van der Waals surface area contributed by atoms with Gasteiger partial charge >= 0.3 is 0 Å². The SMILES string of the molecule is N#CC(S)(C#N)CS. The van der Waals surface area contributed by atoms with Gasteiger partial charge < -0.3 is 0 Å². The molecule has 0 aromatic heterocycles. The maximum absolute atomic E-state index is 8.19. The molecule has 0 rings (SSSR count). The van der Waals surface area contributed by atoms with Crippen LogP contribution >= 0.6 is 25.3 Å². The van der Waals surface area contributed by atoms with E-state index in [1.165, 1.54) is 0 Å². The molecule has 0 spiro atoms. The molecule has 0 aromatic rings. The Morgan fingerprint density at radius 3 is 1.75 bits per heavy atom. The van der Waals surface area contributed by atoms with E-state index in [0.717, 1.165) is 0 Å². The van der Waals surface area contributed by atoms with Crippen LogP contribution in [0.25, 0.3) is 0 Å². The van der Waals surface area contributed by atoms with Gasteiger partial charge in [0.2, 0.25) is 0 Å². The Bertz CT molecular complexity index is 138. The second-order valence-corrected chi connectivity index (χ2v) is 2.32. The van der Waals surface area contributed by atoms with Gasteiger partial charge in [0, 0.05) is 5.75 Å². The Hall–Kier alpha value is -0.320. The molecule has 8 heavy (non-hydrogen) atoms. The first-order valence-electron chi connectivity index (χ1n) is 1.84. The normalized spacial score (nSPS) is 9.50. The molecule has 0 amide bonds. The summed E-state index contributed by atoms with van der Waals surface area (Å²) in [4.78, 5) is 0. The minimum absolute atomic E-state index is 0.156. The van der Waals surface area contributed by atoms with Crippen LogP contribution in [0.5, 0.6) is 0 Å². The van der Waals surface area contributed by atoms with Crippen LogP contribution in [0.2, 0.25) is 0 Å². The van der Waals surface area contributed by atoms with Crippen molar-refractivity contribution in [3.63, 3.8) is 0 Å². The van der Waals surface area contributed by atoms with Crippen LogP contribution in [-0.2, 0) is 0 Å². The molecule has 0 fully saturated rings. The monoisotopic (exact) mass is 144 g/mol. The highest BCUT2D eigenvalue weighted by Crippen LogP contribution is 2.12. The van der Waals surface area contributed by atoms with E-state index in [9.17, 15) is 0 Å². The van der Waals surface area contributed by atoms with Crippen LogP contribution in [0, 0.1) is 22.7 Å². The lowest BCUT2D eigenvalue weighted by Crippen LogP contribution is -2.17. The van der Waals surface area contributed by atoms with Crippen molar-refractivity contribution in [3.8, 4) is 12.1 Å². The van der Waals surface area contributed by atoms with Crippen molar-refractivity contribution in [3.05, 3.63) is 0 Å². The lowest BCUT2D eigenvalue weighted by atomic mass is 10.2. The van der Waals surface area contributed by atoms with Crippen LogP contribution in [0.1, 0.15) is 0 Å². The third-order valence-corrected chi connectivity index (χ3v) is 1.68. The lowest BCUT2D eigenvalue weighted by Gasteiger charge is -2.02. The topological polar surface area (TPSA) is 47.6 Å². The third-order valence-electron chi connectivity index (χ3n) is 0.599. The summed E-state index contributed by atoms with van der Waals surface area (Å²) in [7, 11) is 0. The van der Waals surface area contributed by atoms with Gasteiger partial charge in [-0.3, -0.25) is 0 Å². The van der Waals surface area contributed by atoms with Crippen LogP contribution in [0.15, 0.2) is 0 Å². The van der Waals surface area contributed by atoms with Gasteiger partial charge in [-0.25, -0.2) is 0 Å². The molecule has 0 aliphatic rings. The van der Waals surface area contributed by atoms with Crippen molar-refractivity contribution in [1.29, 1.82) is 10.5 Å². The predicted molar refractivity (Wildman–Crippen MR) is 36.8 cm³/mol. The van der Waals surface area contributed by atoms with Crippen molar-refractivity contribution in [1.82, 2.24) is 0 Å². The first kappa shape index (κ1) is 7.68. The average Bonchev–Trinajstić information content (AvgIpc) is 1.87. The van der Waals surface area contributed by atoms with Gasteiger partial charge in [0.15, 0.2) is 4.75 Å². The van der Waals surface area contributed by atoms with E-state index in [0.29, 0.717) is 0 Å². The molecule has 0 heterocycles. The molecule has 42 valence electrons. The highest BCUT2D eigenvalue weighted by atomic mass is 32.1. The van der Waals surface area contributed by atoms with E-state index in [1.54, 1.807) is 12.1 Å². The summed E-state index contributed by atoms with van der Waals surface area (Å²) in [6, 6.07) is 3.41. The number of hydrogen-bond donors (Lipinski definition) is 2. The van der Waals surface area contributed by atoms with Crippen molar-refractivity contribution in [2.75, 3.05) is 5.75 Å². The van der Waals surface area contributed by atoms with E-state index >= 15 is 0 Å². The van der Waals surface area contributed by atoms with Crippen molar-refractivity contribution in [2.24, 2.45) is 0 Å². The molecule has 0 saturated heterocycles. The maximum Gasteiger partial charge on any atom is 0.194 e. The van der Waals surface area contributed by atoms with Crippen LogP contribution < -0.4 is 0 Å². The van der Waals surface area contributed by atoms with Gasteiger partial charge in [-0.05, 0) is 0 Å². The summed E-state index contributed by atoms with van der Waals surface area (Å²) in [5.41, 5.74) is 0. The van der Waals surface area contributed by atoms with Crippen molar-refractivity contribution >= 4 is 25.3 Å². The highest BCUT2D eigenvalue weighted by Gasteiger charge is 2.21. The average molecular weight is 144 g/mol. The molecule has 0 bridgehead atoms. The van der Waals surface area contributed by atoms with E-state index in [-0.39, 0.29) is 5.75 Å². The van der Waals surface area contributed by atoms with E-state index in [2.05, 4.69) is 25.3 Å². The van der Waals surface area contributed by atoms with E-state index in [1.807, 2.05) is 0 Å². The molecule has 0 aliphatic heterocycles. The molecule has 0 atom stereocenters. The summed E-state index contributed by atoms with van der Waals surface area (Å²) in [6.07, 6.45) is 0. The second-order valence-electron chi connectivity index (χ2n) is 1.24. The fourth-order valence-electron chi connectivity index (χ4n) is 0.0957. The predicted octanol–water partition coefficient (Wildman–Crippen LogP) is 0.632. The van der Waals surface area contributed by atoms with Crippen molar-refractivity contribution < 1.29 is 0 Å². The number of nitrogens with zero attached hydrogens (tertiary/aromatic N) is 2. The molecular weight excluding hydrogens is 140 g/mol. The number of hydrogen-bond acceptors (Lipinski definition) is 4. The Morgan fingerprint density at radius 1 is 1.38 bits per heavy atom. The summed E-state index contributed by atoms with van der Waals surface area (Å²) in [5, 5.41) is 16.4. The summed E-state index contributed by atoms with van der Waals surface area (Å²) in [5.74, 6) is 0.156. The van der Waals surface area contributed by atoms with E-state index < -0.39 is 4.75 Å². The first-order valence-corrected chi connectivity index (χ1v) is 2.92. The zero-order valence-corrected chi connectivity index (χ0v) is 5.78. The largest absolute Gasteiger partial charge is 0.196 e. The van der Waals surface area contributed by atoms with Gasteiger partial charge in [0.05, 0.1) is 12.1 Å². The van der Waals surface area contributed by atoms with Gasteiger partial charge in [0.1, 0.15) is 0 Å². The Kier molecular flexibility index (Phi) is 2.75. The molecule has 0 aromatic carbocycles. The minimum atomic E-state index is -1.21. The summed E-state index contributed by atoms with van der Waals surface area (Å²) in [6.45, 7) is 0. The first-order chi connectivity index (χ1) is 3.68. The van der Waals surface area contributed by atoms with E-state index in [4.69, 9.17) is 10.5 Å². The van der Waals surface area contributed by atoms with Crippen LogP contribution in [0.3, 0.4) is 0 Å². The standard InChI is InChI=1S/C4H4N2S2/c5-1-4(8,2-6)3-7/h7-8H,3H2. The fourth-order valence-corrected chi connectivity index (χ4v) is 0.237. The maximum atomic E-state index is 8.19. The quantitative estimate of drug-likeness (QED) is 0.530. The molecular formula is C4H4N2S2. The highest BCUT2D eigenvalue weighted by molar-refractivity contribution is 7.85. The molecule has 2 nitrogen and oxygen atoms in total. The lowest BCUT2D eigenvalue weighted by molar-refractivity contribution is 1.07. The van der Waals surface area contributed by atoms with Crippen LogP contribution in [0.4, 0.5) is 0 Å². The van der Waals surface area contributed by atoms with Gasteiger partial charge in [-0.2, -0.15) is 23.2 Å². The Morgan fingerprint density at radius 2 is 1.75 bits per heavy atom. The zero-order chi connectivity index (χ0) is 6.62. The van der Waals surface area contributed by atoms with Crippen LogP contribution in [-0.4, -0.2) is 10.5 Å².